The minimum absolute atomic E-state index is 0.0644. The Hall–Kier alpha value is -5.50. The number of anilines is 2. The summed E-state index contributed by atoms with van der Waals surface area (Å²) < 4.78 is 17.2. The number of aryl methyl sites for hydroxylation is 1. The molecule has 4 rings (SSSR count). The van der Waals surface area contributed by atoms with Crippen LogP contribution in [0.4, 0.5) is 16.3 Å². The number of carbonyl (C=O) groups is 5. The Morgan fingerprint density at radius 1 is 0.764 bits per heavy atom. The Bertz CT molecular complexity index is 2010. The van der Waals surface area contributed by atoms with Gasteiger partial charge in [-0.2, -0.15) is 0 Å². The van der Waals surface area contributed by atoms with Gasteiger partial charge in [0.15, 0.2) is 5.78 Å². The van der Waals surface area contributed by atoms with Crippen LogP contribution < -0.4 is 21.5 Å². The highest BCUT2D eigenvalue weighted by Crippen LogP contribution is 2.25. The molecule has 0 bridgehead atoms. The zero-order valence-corrected chi connectivity index (χ0v) is 32.1. The molecule has 1 atom stereocenters. The third kappa shape index (κ3) is 14.0. The zero-order valence-electron chi connectivity index (χ0n) is 30.6. The predicted molar refractivity (Wildman–Crippen MR) is 208 cm³/mol. The first-order valence-electron chi connectivity index (χ1n) is 17.3. The molecule has 0 saturated carbocycles. The van der Waals surface area contributed by atoms with Gasteiger partial charge in [0, 0.05) is 22.0 Å². The number of nitrogens with one attached hydrogen (secondary N) is 3. The third-order valence-corrected chi connectivity index (χ3v) is 8.45. The van der Waals surface area contributed by atoms with E-state index in [-0.39, 0.29) is 31.1 Å². The van der Waals surface area contributed by atoms with Crippen LogP contribution in [0.25, 0.3) is 0 Å². The van der Waals surface area contributed by atoms with Crippen molar-refractivity contribution < 1.29 is 38.2 Å². The second kappa shape index (κ2) is 20.3. The van der Waals surface area contributed by atoms with Crippen molar-refractivity contribution in [3.05, 3.63) is 128 Å². The maximum Gasteiger partial charge on any atom is 0.413 e. The van der Waals surface area contributed by atoms with Gasteiger partial charge in [0.2, 0.25) is 11.8 Å². The fourth-order valence-electron chi connectivity index (χ4n) is 5.12. The van der Waals surface area contributed by atoms with Gasteiger partial charge in [-0.15, -0.1) is 0 Å². The molecule has 0 fully saturated rings. The summed E-state index contributed by atoms with van der Waals surface area (Å²) >= 11 is 12.4. The SMILES string of the molecule is CC(C)(C)OC(=O)CC(NC(=O)Cn1c(NC(=O)OCc2ccccc2)ccc(NC(=O)CCc2ccccc2)c1=O)C(=O)COCc1c(Cl)cccc1Cl. The lowest BCUT2D eigenvalue weighted by molar-refractivity contribution is -0.156. The van der Waals surface area contributed by atoms with Crippen LogP contribution in [0, 0.1) is 0 Å². The number of Topliss-reactive ketones (excluding diaryl/α,β-unsaturated/α-hetero) is 1. The van der Waals surface area contributed by atoms with E-state index in [0.29, 0.717) is 27.6 Å². The molecule has 55 heavy (non-hydrogen) atoms. The van der Waals surface area contributed by atoms with E-state index < -0.39 is 66.4 Å². The van der Waals surface area contributed by atoms with Crippen LogP contribution in [-0.4, -0.2) is 52.5 Å². The fourth-order valence-corrected chi connectivity index (χ4v) is 5.63. The number of aromatic nitrogens is 1. The number of rotatable bonds is 17. The van der Waals surface area contributed by atoms with Crippen molar-refractivity contribution >= 4 is 64.4 Å². The van der Waals surface area contributed by atoms with Crippen LogP contribution in [-0.2, 0) is 59.6 Å². The summed E-state index contributed by atoms with van der Waals surface area (Å²) in [4.78, 5) is 79.3. The minimum atomic E-state index is -1.44. The van der Waals surface area contributed by atoms with Gasteiger partial charge in [0.1, 0.15) is 42.9 Å². The fraction of sp³-hybridized carbons (Fsp3) is 0.300. The third-order valence-electron chi connectivity index (χ3n) is 7.74. The number of ketones is 1. The Kier molecular flexibility index (Phi) is 15.6. The summed E-state index contributed by atoms with van der Waals surface area (Å²) in [5.41, 5.74) is 0.193. The standard InChI is InChI=1S/C40H42Cl2N4O9/c1-40(2,3)55-37(50)21-32(33(47)25-53-24-28-29(41)15-10-16-30(28)42)44-36(49)22-46-34(45-39(52)54-23-27-13-8-5-9-14-27)19-18-31(38(46)51)43-35(48)20-17-26-11-6-4-7-12-26/h4-16,18-19,32H,17,20-25H2,1-3H3,(H,43,48)(H,44,49)(H,45,52). The molecular formula is C40H42Cl2N4O9. The zero-order chi connectivity index (χ0) is 40.0. The number of hydrogen-bond donors (Lipinski definition) is 3. The molecule has 0 aliphatic carbocycles. The van der Waals surface area contributed by atoms with E-state index >= 15 is 0 Å². The van der Waals surface area contributed by atoms with Crippen molar-refractivity contribution in [2.45, 2.75) is 71.4 Å². The summed E-state index contributed by atoms with van der Waals surface area (Å²) in [6.07, 6.45) is -1.000. The predicted octanol–water partition coefficient (Wildman–Crippen LogP) is 6.48. The maximum atomic E-state index is 13.8. The average Bonchev–Trinajstić information content (AvgIpc) is 3.13. The number of esters is 1. The van der Waals surface area contributed by atoms with Gasteiger partial charge >= 0.3 is 12.1 Å². The number of amides is 3. The minimum Gasteiger partial charge on any atom is -0.460 e. The van der Waals surface area contributed by atoms with Crippen molar-refractivity contribution in [2.75, 3.05) is 17.2 Å². The first kappa shape index (κ1) is 42.2. The number of hydrogen-bond acceptors (Lipinski definition) is 9. The van der Waals surface area contributed by atoms with Crippen molar-refractivity contribution in [1.82, 2.24) is 9.88 Å². The van der Waals surface area contributed by atoms with Gasteiger partial charge in [0.05, 0.1) is 13.0 Å². The topological polar surface area (TPSA) is 171 Å². The van der Waals surface area contributed by atoms with Gasteiger partial charge < -0.3 is 24.8 Å². The maximum absolute atomic E-state index is 13.8. The Morgan fingerprint density at radius 3 is 2.04 bits per heavy atom. The molecule has 4 aromatic rings. The van der Waals surface area contributed by atoms with Crippen LogP contribution in [0.1, 0.15) is 50.3 Å². The highest BCUT2D eigenvalue weighted by Gasteiger charge is 2.28. The summed E-state index contributed by atoms with van der Waals surface area (Å²) in [5, 5.41) is 8.19. The van der Waals surface area contributed by atoms with Gasteiger partial charge in [-0.3, -0.25) is 33.9 Å². The molecule has 0 radical (unpaired) electrons. The molecule has 290 valence electrons. The summed E-state index contributed by atoms with van der Waals surface area (Å²) in [6.45, 7) is 3.45. The monoisotopic (exact) mass is 792 g/mol. The van der Waals surface area contributed by atoms with E-state index in [9.17, 15) is 28.8 Å². The average molecular weight is 794 g/mol. The van der Waals surface area contributed by atoms with Crippen molar-refractivity contribution in [2.24, 2.45) is 0 Å². The van der Waals surface area contributed by atoms with Crippen molar-refractivity contribution in [3.8, 4) is 0 Å². The van der Waals surface area contributed by atoms with Crippen LogP contribution in [0.5, 0.6) is 0 Å². The van der Waals surface area contributed by atoms with E-state index in [2.05, 4.69) is 16.0 Å². The number of benzene rings is 3. The van der Waals surface area contributed by atoms with Crippen LogP contribution in [0.2, 0.25) is 10.0 Å². The van der Waals surface area contributed by atoms with Crippen LogP contribution in [0.3, 0.4) is 0 Å². The molecule has 1 unspecified atom stereocenters. The smallest absolute Gasteiger partial charge is 0.413 e. The number of nitrogens with zero attached hydrogens (tertiary/aromatic N) is 1. The molecule has 0 saturated heterocycles. The molecular weight excluding hydrogens is 751 g/mol. The summed E-state index contributed by atoms with van der Waals surface area (Å²) in [5.74, 6) is -2.94. The van der Waals surface area contributed by atoms with Gasteiger partial charge in [-0.25, -0.2) is 4.79 Å². The quantitative estimate of drug-likeness (QED) is 0.101. The first-order chi connectivity index (χ1) is 26.2. The highest BCUT2D eigenvalue weighted by molar-refractivity contribution is 6.35. The molecule has 3 N–H and O–H groups in total. The normalized spacial score (nSPS) is 11.6. The number of ether oxygens (including phenoxy) is 3. The van der Waals surface area contributed by atoms with Crippen LogP contribution in [0.15, 0.2) is 95.8 Å². The summed E-state index contributed by atoms with van der Waals surface area (Å²) in [7, 11) is 0. The van der Waals surface area contributed by atoms with E-state index in [1.54, 1.807) is 63.2 Å². The van der Waals surface area contributed by atoms with Crippen LogP contribution >= 0.6 is 23.2 Å². The number of halogens is 2. The number of carbonyl (C=O) groups excluding carboxylic acids is 5. The second-order valence-corrected chi connectivity index (χ2v) is 14.1. The molecule has 15 heteroatoms. The molecule has 1 aromatic heterocycles. The van der Waals surface area contributed by atoms with E-state index in [4.69, 9.17) is 37.4 Å². The molecule has 0 aliphatic heterocycles. The Balaban J connectivity index is 1.53. The van der Waals surface area contributed by atoms with E-state index in [1.165, 1.54) is 12.1 Å². The molecule has 0 spiro atoms. The summed E-state index contributed by atoms with van der Waals surface area (Å²) in [6, 6.07) is 24.2. The molecule has 3 aromatic carbocycles. The van der Waals surface area contributed by atoms with Crippen molar-refractivity contribution in [1.29, 1.82) is 0 Å². The molecule has 13 nitrogen and oxygen atoms in total. The van der Waals surface area contributed by atoms with Gasteiger partial charge in [0.25, 0.3) is 5.56 Å². The first-order valence-corrected chi connectivity index (χ1v) is 18.0. The lowest BCUT2D eigenvalue weighted by Gasteiger charge is -2.23. The highest BCUT2D eigenvalue weighted by atomic mass is 35.5. The molecule has 3 amide bonds. The Morgan fingerprint density at radius 2 is 1.40 bits per heavy atom. The Labute approximate surface area is 328 Å². The molecule has 1 heterocycles. The van der Waals surface area contributed by atoms with Gasteiger partial charge in [-0.05, 0) is 62.6 Å². The lowest BCUT2D eigenvalue weighted by atomic mass is 10.1. The van der Waals surface area contributed by atoms with Crippen molar-refractivity contribution in [3.63, 3.8) is 0 Å². The molecule has 0 aliphatic rings. The lowest BCUT2D eigenvalue weighted by Crippen LogP contribution is -2.46. The largest absolute Gasteiger partial charge is 0.460 e. The number of pyridine rings is 1. The van der Waals surface area contributed by atoms with Gasteiger partial charge in [-0.1, -0.05) is 89.9 Å². The van der Waals surface area contributed by atoms with E-state index in [1.807, 2.05) is 36.4 Å². The second-order valence-electron chi connectivity index (χ2n) is 13.3. The van der Waals surface area contributed by atoms with E-state index in [0.717, 1.165) is 10.1 Å².